The van der Waals surface area contributed by atoms with Crippen molar-refractivity contribution in [2.24, 2.45) is 0 Å². The number of rotatable bonds is 8. The van der Waals surface area contributed by atoms with Crippen molar-refractivity contribution in [1.29, 1.82) is 0 Å². The molecule has 1 aromatic carbocycles. The summed E-state index contributed by atoms with van der Waals surface area (Å²) in [5.41, 5.74) is 2.50. The number of carbonyl (C=O) groups excluding carboxylic acids is 1. The molecule has 2 heterocycles. The molecular weight excluding hydrogens is 322 g/mol. The lowest BCUT2D eigenvalue weighted by molar-refractivity contribution is -0.116. The summed E-state index contributed by atoms with van der Waals surface area (Å²) in [5, 5.41) is 6.60. The van der Waals surface area contributed by atoms with Gasteiger partial charge in [0.25, 0.3) is 0 Å². The summed E-state index contributed by atoms with van der Waals surface area (Å²) >= 11 is 1.44. The molecule has 5 nitrogen and oxygen atoms in total. The zero-order valence-electron chi connectivity index (χ0n) is 13.7. The molecule has 2 aromatic heterocycles. The first kappa shape index (κ1) is 16.7. The second-order valence-electron chi connectivity index (χ2n) is 5.60. The number of nitrogens with zero attached hydrogens (tertiary/aromatic N) is 2. The van der Waals surface area contributed by atoms with E-state index in [4.69, 9.17) is 4.74 Å². The Bertz CT molecular complexity index is 796. The number of carbonyl (C=O) groups is 1. The highest BCUT2D eigenvalue weighted by molar-refractivity contribution is 7.13. The lowest BCUT2D eigenvalue weighted by Crippen LogP contribution is -2.11. The Labute approximate surface area is 145 Å². The van der Waals surface area contributed by atoms with Gasteiger partial charge >= 0.3 is 0 Å². The number of hydrogen-bond acceptors (Lipinski definition) is 4. The molecule has 24 heavy (non-hydrogen) atoms. The highest BCUT2D eigenvalue weighted by Gasteiger charge is 2.09. The highest BCUT2D eigenvalue weighted by Crippen LogP contribution is 2.23. The predicted octanol–water partition coefficient (Wildman–Crippen LogP) is 3.71. The van der Waals surface area contributed by atoms with Crippen molar-refractivity contribution in [1.82, 2.24) is 9.55 Å². The molecule has 0 spiro atoms. The average molecular weight is 343 g/mol. The minimum absolute atomic E-state index is 0.0214. The Morgan fingerprint density at radius 3 is 3.04 bits per heavy atom. The van der Waals surface area contributed by atoms with Crippen LogP contribution in [-0.4, -0.2) is 29.2 Å². The second-order valence-corrected chi connectivity index (χ2v) is 6.49. The summed E-state index contributed by atoms with van der Waals surface area (Å²) in [7, 11) is 1.72. The Morgan fingerprint density at radius 2 is 2.25 bits per heavy atom. The molecule has 0 atom stereocenters. The fourth-order valence-corrected chi connectivity index (χ4v) is 3.35. The summed E-state index contributed by atoms with van der Waals surface area (Å²) in [6.07, 6.45) is 6.07. The third-order valence-electron chi connectivity index (χ3n) is 3.94. The molecule has 3 aromatic rings. The van der Waals surface area contributed by atoms with Gasteiger partial charge in [0.15, 0.2) is 5.13 Å². The first-order chi connectivity index (χ1) is 11.8. The van der Waals surface area contributed by atoms with E-state index in [-0.39, 0.29) is 5.91 Å². The fourth-order valence-electron chi connectivity index (χ4n) is 2.80. The van der Waals surface area contributed by atoms with Gasteiger partial charge in [-0.3, -0.25) is 4.79 Å². The number of hydrogen-bond donors (Lipinski definition) is 1. The minimum atomic E-state index is 0.0214. The number of anilines is 1. The van der Waals surface area contributed by atoms with Crippen LogP contribution in [0.1, 0.15) is 18.4 Å². The van der Waals surface area contributed by atoms with Crippen LogP contribution in [0.15, 0.2) is 42.0 Å². The van der Waals surface area contributed by atoms with Crippen molar-refractivity contribution in [2.45, 2.75) is 25.8 Å². The van der Waals surface area contributed by atoms with E-state index in [2.05, 4.69) is 45.3 Å². The van der Waals surface area contributed by atoms with Crippen LogP contribution in [0.5, 0.6) is 0 Å². The Morgan fingerprint density at radius 1 is 1.38 bits per heavy atom. The van der Waals surface area contributed by atoms with Gasteiger partial charge in [-0.25, -0.2) is 4.98 Å². The number of nitrogens with one attached hydrogen (secondary N) is 1. The number of aromatic nitrogens is 2. The van der Waals surface area contributed by atoms with E-state index in [1.807, 2.05) is 5.38 Å². The summed E-state index contributed by atoms with van der Waals surface area (Å²) in [6.45, 7) is 1.52. The predicted molar refractivity (Wildman–Crippen MR) is 97.5 cm³/mol. The van der Waals surface area contributed by atoms with E-state index in [9.17, 15) is 4.79 Å². The molecule has 0 radical (unpaired) electrons. The van der Waals surface area contributed by atoms with E-state index in [1.165, 1.54) is 27.8 Å². The van der Waals surface area contributed by atoms with E-state index >= 15 is 0 Å². The third kappa shape index (κ3) is 4.01. The lowest BCUT2D eigenvalue weighted by Gasteiger charge is -2.03. The Balaban J connectivity index is 1.61. The smallest absolute Gasteiger partial charge is 0.226 e. The van der Waals surface area contributed by atoms with Crippen molar-refractivity contribution in [3.8, 4) is 0 Å². The van der Waals surface area contributed by atoms with Gasteiger partial charge in [-0.2, -0.15) is 0 Å². The van der Waals surface area contributed by atoms with E-state index in [1.54, 1.807) is 13.3 Å². The van der Waals surface area contributed by atoms with Gasteiger partial charge in [0.05, 0.1) is 6.61 Å². The standard InChI is InChI=1S/C18H21N3O2S/c1-23-11-10-21-13-14(15-6-2-3-7-16(15)21)5-4-8-17(22)20-18-19-9-12-24-18/h2-3,6-7,9,12-13H,4-5,8,10-11H2,1H3,(H,19,20,22). The minimum Gasteiger partial charge on any atom is -0.383 e. The van der Waals surface area contributed by atoms with Crippen LogP contribution in [0.25, 0.3) is 10.9 Å². The number of fused-ring (bicyclic) bond motifs is 1. The number of aryl methyl sites for hydroxylation is 1. The molecule has 0 unspecified atom stereocenters. The molecule has 0 fully saturated rings. The topological polar surface area (TPSA) is 56.1 Å². The van der Waals surface area contributed by atoms with Crippen molar-refractivity contribution < 1.29 is 9.53 Å². The molecule has 1 N–H and O–H groups in total. The van der Waals surface area contributed by atoms with Gasteiger partial charge < -0.3 is 14.6 Å². The number of amides is 1. The van der Waals surface area contributed by atoms with Crippen LogP contribution >= 0.6 is 11.3 Å². The van der Waals surface area contributed by atoms with Crippen LogP contribution in [0, 0.1) is 0 Å². The normalized spacial score (nSPS) is 11.0. The molecule has 6 heteroatoms. The van der Waals surface area contributed by atoms with Gasteiger partial charge in [0.2, 0.25) is 5.91 Å². The van der Waals surface area contributed by atoms with Crippen LogP contribution in [0.4, 0.5) is 5.13 Å². The SMILES string of the molecule is COCCn1cc(CCCC(=O)Nc2nccs2)c2ccccc21. The molecule has 0 aliphatic heterocycles. The van der Waals surface area contributed by atoms with Gasteiger partial charge in [0, 0.05) is 48.8 Å². The van der Waals surface area contributed by atoms with Gasteiger partial charge in [0.1, 0.15) is 0 Å². The molecule has 126 valence electrons. The molecule has 3 rings (SSSR count). The average Bonchev–Trinajstić information content (AvgIpc) is 3.21. The summed E-state index contributed by atoms with van der Waals surface area (Å²) in [5.74, 6) is 0.0214. The highest BCUT2D eigenvalue weighted by atomic mass is 32.1. The van der Waals surface area contributed by atoms with Crippen LogP contribution in [0.3, 0.4) is 0 Å². The zero-order chi connectivity index (χ0) is 16.8. The maximum Gasteiger partial charge on any atom is 0.226 e. The van der Waals surface area contributed by atoms with Gasteiger partial charge in [-0.1, -0.05) is 18.2 Å². The first-order valence-corrected chi connectivity index (χ1v) is 8.91. The molecule has 0 aliphatic rings. The van der Waals surface area contributed by atoms with Crippen LogP contribution in [0.2, 0.25) is 0 Å². The fraction of sp³-hybridized carbons (Fsp3) is 0.333. The quantitative estimate of drug-likeness (QED) is 0.678. The summed E-state index contributed by atoms with van der Waals surface area (Å²) in [4.78, 5) is 16.0. The van der Waals surface area contributed by atoms with E-state index < -0.39 is 0 Å². The number of para-hydroxylation sites is 1. The largest absolute Gasteiger partial charge is 0.383 e. The summed E-state index contributed by atoms with van der Waals surface area (Å²) < 4.78 is 7.41. The van der Waals surface area contributed by atoms with Crippen LogP contribution < -0.4 is 5.32 Å². The Hall–Kier alpha value is -2.18. The van der Waals surface area contributed by atoms with Gasteiger partial charge in [-0.05, 0) is 24.5 Å². The summed E-state index contributed by atoms with van der Waals surface area (Å²) in [6, 6.07) is 8.38. The van der Waals surface area contributed by atoms with Crippen molar-refractivity contribution in [2.75, 3.05) is 19.0 Å². The first-order valence-electron chi connectivity index (χ1n) is 8.03. The maximum atomic E-state index is 11.9. The van der Waals surface area contributed by atoms with Gasteiger partial charge in [-0.15, -0.1) is 11.3 Å². The number of methoxy groups -OCH3 is 1. The lowest BCUT2D eigenvalue weighted by atomic mass is 10.1. The number of ether oxygens (including phenoxy) is 1. The maximum absolute atomic E-state index is 11.9. The number of benzene rings is 1. The molecule has 0 bridgehead atoms. The van der Waals surface area contributed by atoms with Crippen molar-refractivity contribution in [3.63, 3.8) is 0 Å². The zero-order valence-corrected chi connectivity index (χ0v) is 14.5. The van der Waals surface area contributed by atoms with Crippen molar-refractivity contribution >= 4 is 33.3 Å². The van der Waals surface area contributed by atoms with E-state index in [0.29, 0.717) is 18.2 Å². The molecular formula is C18H21N3O2S. The molecule has 0 saturated heterocycles. The second kappa shape index (κ2) is 8.08. The number of thiazole rings is 1. The van der Waals surface area contributed by atoms with Crippen LogP contribution in [-0.2, 0) is 22.5 Å². The third-order valence-corrected chi connectivity index (χ3v) is 4.62. The molecule has 1 amide bonds. The van der Waals surface area contributed by atoms with Crippen molar-refractivity contribution in [3.05, 3.63) is 47.6 Å². The molecule has 0 aliphatic carbocycles. The Kier molecular flexibility index (Phi) is 5.61. The van der Waals surface area contributed by atoms with E-state index in [0.717, 1.165) is 19.4 Å². The monoisotopic (exact) mass is 343 g/mol. The molecule has 0 saturated carbocycles.